The van der Waals surface area contributed by atoms with Crippen molar-refractivity contribution in [1.29, 1.82) is 5.41 Å². The van der Waals surface area contributed by atoms with Gasteiger partial charge in [-0.2, -0.15) is 13.2 Å². The van der Waals surface area contributed by atoms with E-state index in [1.165, 1.54) is 19.0 Å². The van der Waals surface area contributed by atoms with Gasteiger partial charge in [-0.15, -0.1) is 0 Å². The molecule has 0 spiro atoms. The maximum Gasteiger partial charge on any atom is 0.450 e. The molecule has 0 heterocycles. The van der Waals surface area contributed by atoms with E-state index < -0.39 is 12.0 Å². The zero-order valence-electron chi connectivity index (χ0n) is 6.11. The Hall–Kier alpha value is -1.07. The summed E-state index contributed by atoms with van der Waals surface area (Å²) < 4.78 is 34.6. The van der Waals surface area contributed by atoms with Gasteiger partial charge in [0.15, 0.2) is 0 Å². The molecule has 0 rings (SSSR count). The molecule has 0 unspecified atom stereocenters. The van der Waals surface area contributed by atoms with Crippen LogP contribution in [-0.2, 0) is 0 Å². The second-order valence-corrected chi connectivity index (χ2v) is 2.05. The smallest absolute Gasteiger partial charge is 0.369 e. The number of alkyl halides is 3. The Morgan fingerprint density at radius 2 is 1.91 bits per heavy atom. The van der Waals surface area contributed by atoms with Crippen molar-refractivity contribution in [3.05, 3.63) is 0 Å². The molecule has 0 aliphatic heterocycles. The number of nitrogens with one attached hydrogen (secondary N) is 1. The topological polar surface area (TPSA) is 39.5 Å². The van der Waals surface area contributed by atoms with Gasteiger partial charge in [-0.1, -0.05) is 0 Å². The summed E-state index contributed by atoms with van der Waals surface area (Å²) in [5, 5.41) is 6.38. The molecule has 0 saturated carbocycles. The highest BCUT2D eigenvalue weighted by Crippen LogP contribution is 2.16. The first kappa shape index (κ1) is 9.93. The summed E-state index contributed by atoms with van der Waals surface area (Å²) in [6, 6.07) is 0. The molecule has 0 aliphatic carbocycles. The van der Waals surface area contributed by atoms with Crippen molar-refractivity contribution in [3.8, 4) is 0 Å². The summed E-state index contributed by atoms with van der Waals surface area (Å²) in [7, 11) is 3.04. The lowest BCUT2D eigenvalue weighted by molar-refractivity contribution is -0.0604. The normalized spacial score (nSPS) is 12.1. The van der Waals surface area contributed by atoms with E-state index in [2.05, 4.69) is 4.99 Å². The minimum Gasteiger partial charge on any atom is -0.369 e. The van der Waals surface area contributed by atoms with Crippen LogP contribution in [0.1, 0.15) is 0 Å². The van der Waals surface area contributed by atoms with Crippen molar-refractivity contribution in [2.24, 2.45) is 4.99 Å². The molecule has 0 aromatic heterocycles. The summed E-state index contributed by atoms with van der Waals surface area (Å²) in [5.41, 5.74) is 0. The highest BCUT2D eigenvalue weighted by Gasteiger charge is 2.34. The zero-order chi connectivity index (χ0) is 9.07. The average Bonchev–Trinajstić information content (AvgIpc) is 1.80. The van der Waals surface area contributed by atoms with Crippen LogP contribution in [0.4, 0.5) is 13.2 Å². The monoisotopic (exact) mass is 167 g/mol. The lowest BCUT2D eigenvalue weighted by atomic mass is 10.6. The zero-order valence-corrected chi connectivity index (χ0v) is 6.11. The lowest BCUT2D eigenvalue weighted by Gasteiger charge is -2.04. The first-order valence-electron chi connectivity index (χ1n) is 2.70. The third-order valence-electron chi connectivity index (χ3n) is 0.686. The lowest BCUT2D eigenvalue weighted by Crippen LogP contribution is -2.21. The van der Waals surface area contributed by atoms with Crippen LogP contribution in [-0.4, -0.2) is 37.3 Å². The number of amidine groups is 1. The fourth-order valence-electron chi connectivity index (χ4n) is 0.246. The van der Waals surface area contributed by atoms with Crippen LogP contribution in [0.5, 0.6) is 0 Å². The van der Waals surface area contributed by atoms with Crippen LogP contribution in [0, 0.1) is 5.41 Å². The third-order valence-corrected chi connectivity index (χ3v) is 0.686. The Bertz CT molecular complexity index is 170. The largest absolute Gasteiger partial charge is 0.450 e. The molecule has 0 aliphatic rings. The van der Waals surface area contributed by atoms with Crippen LogP contribution >= 0.6 is 0 Å². The van der Waals surface area contributed by atoms with Crippen LogP contribution < -0.4 is 0 Å². The van der Waals surface area contributed by atoms with Crippen LogP contribution in [0.15, 0.2) is 4.99 Å². The fourth-order valence-corrected chi connectivity index (χ4v) is 0.246. The van der Waals surface area contributed by atoms with E-state index in [1.807, 2.05) is 0 Å². The minimum atomic E-state index is -4.65. The van der Waals surface area contributed by atoms with Crippen molar-refractivity contribution in [3.63, 3.8) is 0 Å². The third kappa shape index (κ3) is 4.35. The summed E-state index contributed by atoms with van der Waals surface area (Å²) in [4.78, 5) is 4.17. The van der Waals surface area contributed by atoms with Crippen LogP contribution in [0.25, 0.3) is 0 Å². The molecule has 11 heavy (non-hydrogen) atoms. The Labute approximate surface area is 62.0 Å². The highest BCUT2D eigenvalue weighted by atomic mass is 19.4. The number of hydrogen-bond acceptors (Lipinski definition) is 1. The van der Waals surface area contributed by atoms with Crippen LogP contribution in [0.3, 0.4) is 0 Å². The predicted molar refractivity (Wildman–Crippen MR) is 36.0 cm³/mol. The van der Waals surface area contributed by atoms with Crippen molar-refractivity contribution in [2.75, 3.05) is 14.1 Å². The molecule has 0 saturated heterocycles. The molecule has 64 valence electrons. The molecule has 6 heteroatoms. The van der Waals surface area contributed by atoms with E-state index in [1.54, 1.807) is 0 Å². The van der Waals surface area contributed by atoms with Gasteiger partial charge < -0.3 is 4.90 Å². The quantitative estimate of drug-likeness (QED) is 0.461. The van der Waals surface area contributed by atoms with Crippen molar-refractivity contribution < 1.29 is 13.2 Å². The Balaban J connectivity index is 4.09. The van der Waals surface area contributed by atoms with Gasteiger partial charge in [0.2, 0.25) is 5.84 Å². The predicted octanol–water partition coefficient (Wildman–Crippen LogP) is 1.12. The summed E-state index contributed by atoms with van der Waals surface area (Å²) >= 11 is 0. The van der Waals surface area contributed by atoms with Crippen LogP contribution in [0.2, 0.25) is 0 Å². The van der Waals surface area contributed by atoms with Gasteiger partial charge in [-0.25, -0.2) is 4.99 Å². The molecule has 0 atom stereocenters. The maximum absolute atomic E-state index is 11.5. The minimum absolute atomic E-state index is 0.926. The van der Waals surface area contributed by atoms with E-state index in [9.17, 15) is 13.2 Å². The Morgan fingerprint density at radius 1 is 1.45 bits per heavy atom. The second-order valence-electron chi connectivity index (χ2n) is 2.05. The number of aliphatic imine (C=N–C) groups is 1. The molecule has 0 aromatic rings. The van der Waals surface area contributed by atoms with Crippen molar-refractivity contribution >= 4 is 12.2 Å². The number of rotatable bonds is 1. The molecule has 0 radical (unpaired) electrons. The summed E-state index contributed by atoms with van der Waals surface area (Å²) in [5.74, 6) is -1.59. The number of halogens is 3. The van der Waals surface area contributed by atoms with Gasteiger partial charge in [0.1, 0.15) is 0 Å². The van der Waals surface area contributed by atoms with E-state index in [-0.39, 0.29) is 0 Å². The average molecular weight is 167 g/mol. The molecule has 0 fully saturated rings. The molecule has 0 amide bonds. The molecular weight excluding hydrogens is 159 g/mol. The van der Waals surface area contributed by atoms with Gasteiger partial charge in [0, 0.05) is 14.1 Å². The number of nitrogens with zero attached hydrogens (tertiary/aromatic N) is 2. The molecule has 0 bridgehead atoms. The molecule has 0 aromatic carbocycles. The Morgan fingerprint density at radius 3 is 2.18 bits per heavy atom. The van der Waals surface area contributed by atoms with Gasteiger partial charge in [-0.3, -0.25) is 5.41 Å². The van der Waals surface area contributed by atoms with E-state index in [0.717, 1.165) is 6.34 Å². The van der Waals surface area contributed by atoms with Gasteiger partial charge in [0.05, 0.1) is 6.34 Å². The number of hydrogen-bond donors (Lipinski definition) is 1. The van der Waals surface area contributed by atoms with Crippen molar-refractivity contribution in [1.82, 2.24) is 4.90 Å². The summed E-state index contributed by atoms with van der Waals surface area (Å²) in [6.07, 6.45) is -3.72. The highest BCUT2D eigenvalue weighted by molar-refractivity contribution is 5.90. The Kier molecular flexibility index (Phi) is 3.03. The van der Waals surface area contributed by atoms with E-state index in [4.69, 9.17) is 5.41 Å². The molecule has 1 N–H and O–H groups in total. The first-order chi connectivity index (χ1) is 4.84. The molecular formula is C5H8F3N3. The maximum atomic E-state index is 11.5. The van der Waals surface area contributed by atoms with Gasteiger partial charge in [-0.05, 0) is 0 Å². The molecule has 3 nitrogen and oxygen atoms in total. The first-order valence-corrected chi connectivity index (χ1v) is 2.70. The summed E-state index contributed by atoms with van der Waals surface area (Å²) in [6.45, 7) is 0. The SMILES string of the molecule is CN(C)C=NC(=N)C(F)(F)F. The van der Waals surface area contributed by atoms with Crippen molar-refractivity contribution in [2.45, 2.75) is 6.18 Å². The van der Waals surface area contributed by atoms with E-state index in [0.29, 0.717) is 0 Å². The second kappa shape index (κ2) is 3.36. The van der Waals surface area contributed by atoms with E-state index >= 15 is 0 Å². The van der Waals surface area contributed by atoms with Gasteiger partial charge >= 0.3 is 6.18 Å². The fraction of sp³-hybridized carbons (Fsp3) is 0.600. The van der Waals surface area contributed by atoms with Gasteiger partial charge in [0.25, 0.3) is 0 Å². The standard InChI is InChI=1S/C5H8F3N3/c1-11(2)3-10-4(9)5(6,7)8/h3,9H,1-2H3.